The van der Waals surface area contributed by atoms with Crippen molar-refractivity contribution in [3.63, 3.8) is 0 Å². The monoisotopic (exact) mass is 428 g/mol. The van der Waals surface area contributed by atoms with Crippen LogP contribution in [-0.4, -0.2) is 61.5 Å². The fraction of sp³-hybridized carbons (Fsp3) is 0.714. The van der Waals surface area contributed by atoms with Crippen molar-refractivity contribution in [2.75, 3.05) is 38.7 Å². The van der Waals surface area contributed by atoms with Gasteiger partial charge in [-0.3, -0.25) is 4.79 Å². The van der Waals surface area contributed by atoms with Crippen LogP contribution in [0.2, 0.25) is 0 Å². The van der Waals surface area contributed by atoms with Crippen molar-refractivity contribution in [1.82, 2.24) is 15.5 Å². The van der Waals surface area contributed by atoms with Crippen molar-refractivity contribution >= 4 is 47.6 Å². The highest BCUT2D eigenvalue weighted by molar-refractivity contribution is 14.0. The number of halogens is 1. The summed E-state index contributed by atoms with van der Waals surface area (Å²) < 4.78 is 0. The Morgan fingerprint density at radius 3 is 2.67 bits per heavy atom. The van der Waals surface area contributed by atoms with Crippen LogP contribution >= 0.6 is 35.7 Å². The Morgan fingerprint density at radius 1 is 1.48 bits per heavy atom. The molecular weight excluding hydrogens is 399 g/mol. The highest BCUT2D eigenvalue weighted by Gasteiger charge is 2.06. The Morgan fingerprint density at radius 2 is 2.14 bits per heavy atom. The zero-order valence-corrected chi connectivity index (χ0v) is 16.7. The first-order valence-corrected chi connectivity index (χ1v) is 8.10. The molecule has 0 aliphatic heterocycles. The molecule has 0 fully saturated rings. The third-order valence-electron chi connectivity index (χ3n) is 2.64. The Kier molecular flexibility index (Phi) is 15.8. The van der Waals surface area contributed by atoms with E-state index in [0.29, 0.717) is 12.0 Å². The standard InChI is InChI=1S/C14H28N4OS.HI/c1-6-9-20-10-8-15-14(17-12(3)7-2)16-11-13(19)18(4)5;/h6,12H,1,7-11H2,2-5H3,(H2,15,16,17);1H. The van der Waals surface area contributed by atoms with Crippen molar-refractivity contribution in [3.8, 4) is 0 Å². The fourth-order valence-corrected chi connectivity index (χ4v) is 1.76. The summed E-state index contributed by atoms with van der Waals surface area (Å²) in [4.78, 5) is 17.4. The maximum atomic E-state index is 11.6. The predicted octanol–water partition coefficient (Wildman–Crippen LogP) is 1.95. The van der Waals surface area contributed by atoms with Gasteiger partial charge in [0.15, 0.2) is 5.96 Å². The molecule has 0 saturated heterocycles. The van der Waals surface area contributed by atoms with Gasteiger partial charge >= 0.3 is 0 Å². The van der Waals surface area contributed by atoms with Crippen molar-refractivity contribution in [2.24, 2.45) is 4.99 Å². The second kappa shape index (κ2) is 14.5. The number of aliphatic imine (C=N–C) groups is 1. The van der Waals surface area contributed by atoms with Crippen molar-refractivity contribution < 1.29 is 4.79 Å². The number of guanidine groups is 1. The van der Waals surface area contributed by atoms with Crippen molar-refractivity contribution in [1.29, 1.82) is 0 Å². The summed E-state index contributed by atoms with van der Waals surface area (Å²) >= 11 is 1.81. The molecule has 2 N–H and O–H groups in total. The molecule has 0 heterocycles. The van der Waals surface area contributed by atoms with Gasteiger partial charge in [-0.05, 0) is 13.3 Å². The minimum Gasteiger partial charge on any atom is -0.356 e. The summed E-state index contributed by atoms with van der Waals surface area (Å²) in [6, 6.07) is 0.330. The van der Waals surface area contributed by atoms with Gasteiger partial charge in [0, 0.05) is 38.2 Å². The van der Waals surface area contributed by atoms with Crippen LogP contribution < -0.4 is 10.6 Å². The minimum absolute atomic E-state index is 0. The molecule has 0 bridgehead atoms. The van der Waals surface area contributed by atoms with E-state index in [-0.39, 0.29) is 36.4 Å². The number of likely N-dealkylation sites (N-methyl/N-ethyl adjacent to an activating group) is 1. The quantitative estimate of drug-likeness (QED) is 0.194. The number of carbonyl (C=O) groups excluding carboxylic acids is 1. The normalized spacial score (nSPS) is 12.1. The lowest BCUT2D eigenvalue weighted by molar-refractivity contribution is -0.127. The van der Waals surface area contributed by atoms with Gasteiger partial charge in [0.05, 0.1) is 0 Å². The highest BCUT2D eigenvalue weighted by atomic mass is 127. The van der Waals surface area contributed by atoms with Crippen LogP contribution in [0.15, 0.2) is 17.6 Å². The molecule has 0 aliphatic carbocycles. The topological polar surface area (TPSA) is 56.7 Å². The highest BCUT2D eigenvalue weighted by Crippen LogP contribution is 1.97. The summed E-state index contributed by atoms with van der Waals surface area (Å²) in [6.07, 6.45) is 2.90. The predicted molar refractivity (Wildman–Crippen MR) is 105 cm³/mol. The molecule has 0 rings (SSSR count). The minimum atomic E-state index is -0.00344. The van der Waals surface area contributed by atoms with Gasteiger partial charge in [0.2, 0.25) is 5.91 Å². The number of thioether (sulfide) groups is 1. The van der Waals surface area contributed by atoms with Gasteiger partial charge in [-0.1, -0.05) is 13.0 Å². The maximum absolute atomic E-state index is 11.6. The number of carbonyl (C=O) groups is 1. The first-order chi connectivity index (χ1) is 9.51. The SMILES string of the molecule is C=CCSCCNC(=NCC(=O)N(C)C)NC(C)CC.I. The molecule has 0 aliphatic rings. The van der Waals surface area contributed by atoms with Gasteiger partial charge in [-0.15, -0.1) is 30.6 Å². The molecule has 1 amide bonds. The van der Waals surface area contributed by atoms with E-state index < -0.39 is 0 Å². The smallest absolute Gasteiger partial charge is 0.243 e. The third kappa shape index (κ3) is 13.0. The average molecular weight is 428 g/mol. The van der Waals surface area contributed by atoms with Crippen LogP contribution in [-0.2, 0) is 4.79 Å². The van der Waals surface area contributed by atoms with Crippen LogP contribution in [0.25, 0.3) is 0 Å². The molecule has 1 unspecified atom stereocenters. The molecule has 0 spiro atoms. The van der Waals surface area contributed by atoms with Crippen molar-refractivity contribution in [2.45, 2.75) is 26.3 Å². The van der Waals surface area contributed by atoms with Gasteiger partial charge in [-0.25, -0.2) is 4.99 Å². The average Bonchev–Trinajstić information content (AvgIpc) is 2.43. The van der Waals surface area contributed by atoms with Gasteiger partial charge < -0.3 is 15.5 Å². The summed E-state index contributed by atoms with van der Waals surface area (Å²) in [5.74, 6) is 2.63. The van der Waals surface area contributed by atoms with E-state index in [4.69, 9.17) is 0 Å². The van der Waals surface area contributed by atoms with E-state index >= 15 is 0 Å². The lowest BCUT2D eigenvalue weighted by Crippen LogP contribution is -2.43. The van der Waals surface area contributed by atoms with E-state index in [0.717, 1.165) is 24.5 Å². The molecule has 5 nitrogen and oxygen atoms in total. The second-order valence-electron chi connectivity index (χ2n) is 4.70. The van der Waals surface area contributed by atoms with Crippen LogP contribution in [0.1, 0.15) is 20.3 Å². The molecule has 0 radical (unpaired) electrons. The molecule has 0 aromatic heterocycles. The van der Waals surface area contributed by atoms with E-state index in [2.05, 4.69) is 36.1 Å². The number of rotatable bonds is 9. The van der Waals surface area contributed by atoms with Crippen molar-refractivity contribution in [3.05, 3.63) is 12.7 Å². The lowest BCUT2D eigenvalue weighted by atomic mass is 10.3. The number of nitrogens with one attached hydrogen (secondary N) is 2. The summed E-state index contributed by atoms with van der Waals surface area (Å²) in [5.41, 5.74) is 0. The van der Waals surface area contributed by atoms with Gasteiger partial charge in [0.1, 0.15) is 6.54 Å². The molecule has 124 valence electrons. The molecule has 21 heavy (non-hydrogen) atoms. The molecule has 0 aromatic rings. The van der Waals surface area contributed by atoms with Crippen LogP contribution in [0.4, 0.5) is 0 Å². The van der Waals surface area contributed by atoms with Crippen LogP contribution in [0.5, 0.6) is 0 Å². The van der Waals surface area contributed by atoms with Gasteiger partial charge in [-0.2, -0.15) is 11.8 Å². The Balaban J connectivity index is 0. The Labute approximate surface area is 150 Å². The summed E-state index contributed by atoms with van der Waals surface area (Å²) in [7, 11) is 3.47. The van der Waals surface area contributed by atoms with E-state index in [1.807, 2.05) is 17.8 Å². The Hall–Kier alpha value is -0.440. The first-order valence-electron chi connectivity index (χ1n) is 6.94. The van der Waals surface area contributed by atoms with Crippen LogP contribution in [0, 0.1) is 0 Å². The summed E-state index contributed by atoms with van der Waals surface area (Å²) in [6.45, 7) is 8.88. The zero-order chi connectivity index (χ0) is 15.4. The molecule has 7 heteroatoms. The maximum Gasteiger partial charge on any atom is 0.243 e. The number of hydrogen-bond acceptors (Lipinski definition) is 3. The lowest BCUT2D eigenvalue weighted by Gasteiger charge is -2.17. The third-order valence-corrected chi connectivity index (χ3v) is 3.61. The molecule has 0 aromatic carbocycles. The molecular formula is C14H29IN4OS. The van der Waals surface area contributed by atoms with E-state index in [9.17, 15) is 4.79 Å². The largest absolute Gasteiger partial charge is 0.356 e. The fourth-order valence-electron chi connectivity index (χ4n) is 1.18. The zero-order valence-electron chi connectivity index (χ0n) is 13.5. The number of nitrogens with zero attached hydrogens (tertiary/aromatic N) is 2. The van der Waals surface area contributed by atoms with E-state index in [1.54, 1.807) is 19.0 Å². The molecule has 1 atom stereocenters. The van der Waals surface area contributed by atoms with E-state index in [1.165, 1.54) is 0 Å². The van der Waals surface area contributed by atoms with Gasteiger partial charge in [0.25, 0.3) is 0 Å². The van der Waals surface area contributed by atoms with Crippen LogP contribution in [0.3, 0.4) is 0 Å². The first kappa shape index (κ1) is 22.8. The Bertz CT molecular complexity index is 324. The number of hydrogen-bond donors (Lipinski definition) is 2. The molecule has 0 saturated carbocycles. The number of amides is 1. The second-order valence-corrected chi connectivity index (χ2v) is 5.85. The summed E-state index contributed by atoms with van der Waals surface area (Å²) in [5, 5.41) is 6.54.